The van der Waals surface area contributed by atoms with Crippen LogP contribution in [0.25, 0.3) is 0 Å². The Morgan fingerprint density at radius 2 is 1.97 bits per heavy atom. The van der Waals surface area contributed by atoms with Crippen molar-refractivity contribution in [1.29, 1.82) is 0 Å². The fraction of sp³-hybridized carbons (Fsp3) is 0.391. The second kappa shape index (κ2) is 7.43. The summed E-state index contributed by atoms with van der Waals surface area (Å²) in [5, 5.41) is 5.91. The molecular weight excluding hydrogens is 364 g/mol. The topological polar surface area (TPSA) is 64.7 Å². The van der Waals surface area contributed by atoms with Crippen LogP contribution in [-0.4, -0.2) is 36.1 Å². The van der Waals surface area contributed by atoms with Gasteiger partial charge >= 0.3 is 12.1 Å². The largest absolute Gasteiger partial charge is 0.336 e. The molecule has 1 atom stereocenters. The molecule has 6 nitrogen and oxygen atoms in total. The summed E-state index contributed by atoms with van der Waals surface area (Å²) >= 11 is 0. The van der Waals surface area contributed by atoms with Crippen molar-refractivity contribution in [2.24, 2.45) is 0 Å². The highest BCUT2D eigenvalue weighted by atomic mass is 16.2. The van der Waals surface area contributed by atoms with E-state index in [0.29, 0.717) is 19.1 Å². The summed E-state index contributed by atoms with van der Waals surface area (Å²) < 4.78 is 0. The number of carbonyl (C=O) groups excluding carboxylic acids is 2. The second-order valence-electron chi connectivity index (χ2n) is 8.11. The Morgan fingerprint density at radius 3 is 2.76 bits per heavy atom. The molecule has 0 aromatic heterocycles. The van der Waals surface area contributed by atoms with Gasteiger partial charge in [-0.25, -0.2) is 9.59 Å². The first-order valence-electron chi connectivity index (χ1n) is 10.5. The number of benzene rings is 2. The SMILES string of the molecule is O=C1NCCN1c1cccc(NC(=O)N(C2CC2)C2CCCc3ccccc32)c1. The molecule has 1 aliphatic heterocycles. The third kappa shape index (κ3) is 3.55. The molecule has 1 heterocycles. The fourth-order valence-electron chi connectivity index (χ4n) is 4.59. The van der Waals surface area contributed by atoms with Crippen molar-refractivity contribution in [3.63, 3.8) is 0 Å². The summed E-state index contributed by atoms with van der Waals surface area (Å²) in [4.78, 5) is 29.0. The number of nitrogens with zero attached hydrogens (tertiary/aromatic N) is 2. The molecule has 2 aromatic carbocycles. The number of amides is 4. The third-order valence-corrected chi connectivity index (χ3v) is 6.11. The zero-order chi connectivity index (χ0) is 19.8. The number of aryl methyl sites for hydroxylation is 1. The minimum absolute atomic E-state index is 0.0442. The van der Waals surface area contributed by atoms with Gasteiger partial charge in [0, 0.05) is 30.5 Å². The lowest BCUT2D eigenvalue weighted by Crippen LogP contribution is -2.41. The average Bonchev–Trinajstić information content (AvgIpc) is 3.47. The predicted octanol–water partition coefficient (Wildman–Crippen LogP) is 4.29. The van der Waals surface area contributed by atoms with Gasteiger partial charge in [0.1, 0.15) is 0 Å². The van der Waals surface area contributed by atoms with Crippen molar-refractivity contribution in [2.75, 3.05) is 23.3 Å². The Balaban J connectivity index is 1.38. The van der Waals surface area contributed by atoms with Gasteiger partial charge in [-0.05, 0) is 61.4 Å². The molecular formula is C23H26N4O2. The maximum atomic E-state index is 13.3. The van der Waals surface area contributed by atoms with Crippen molar-refractivity contribution in [3.05, 3.63) is 59.7 Å². The quantitative estimate of drug-likeness (QED) is 0.818. The molecule has 0 radical (unpaired) electrons. The maximum absolute atomic E-state index is 13.3. The summed E-state index contributed by atoms with van der Waals surface area (Å²) in [5.41, 5.74) is 4.19. The van der Waals surface area contributed by atoms with E-state index in [-0.39, 0.29) is 18.1 Å². The lowest BCUT2D eigenvalue weighted by molar-refractivity contribution is 0.175. The molecule has 150 valence electrons. The molecule has 2 N–H and O–H groups in total. The van der Waals surface area contributed by atoms with Gasteiger partial charge in [-0.15, -0.1) is 0 Å². The Bertz CT molecular complexity index is 940. The van der Waals surface area contributed by atoms with Gasteiger partial charge in [0.05, 0.1) is 6.04 Å². The van der Waals surface area contributed by atoms with Crippen LogP contribution in [0.2, 0.25) is 0 Å². The van der Waals surface area contributed by atoms with E-state index in [1.807, 2.05) is 24.3 Å². The highest BCUT2D eigenvalue weighted by Gasteiger charge is 2.39. The van der Waals surface area contributed by atoms with Crippen molar-refractivity contribution in [3.8, 4) is 0 Å². The summed E-state index contributed by atoms with van der Waals surface area (Å²) in [7, 11) is 0. The van der Waals surface area contributed by atoms with Gasteiger partial charge in [-0.3, -0.25) is 4.90 Å². The molecule has 1 unspecified atom stereocenters. The Hall–Kier alpha value is -3.02. The Kier molecular flexibility index (Phi) is 4.62. The van der Waals surface area contributed by atoms with Gasteiger partial charge in [0.2, 0.25) is 0 Å². The van der Waals surface area contributed by atoms with Gasteiger partial charge in [0.15, 0.2) is 0 Å². The lowest BCUT2D eigenvalue weighted by atomic mass is 9.87. The summed E-state index contributed by atoms with van der Waals surface area (Å²) in [5.74, 6) is 0. The van der Waals surface area contributed by atoms with Crippen LogP contribution in [-0.2, 0) is 6.42 Å². The fourth-order valence-corrected chi connectivity index (χ4v) is 4.59. The van der Waals surface area contributed by atoms with Crippen LogP contribution in [0.15, 0.2) is 48.5 Å². The molecule has 4 amide bonds. The van der Waals surface area contributed by atoms with Crippen molar-refractivity contribution >= 4 is 23.4 Å². The highest BCUT2D eigenvalue weighted by Crippen LogP contribution is 2.41. The zero-order valence-corrected chi connectivity index (χ0v) is 16.4. The smallest absolute Gasteiger partial charge is 0.322 e. The standard InChI is InChI=1S/C23H26N4O2/c28-22-24-13-14-26(22)19-8-4-7-17(15-19)25-23(29)27(18-11-12-18)21-10-3-6-16-5-1-2-9-20(16)21/h1-2,4-5,7-9,15,18,21H,3,6,10-14H2,(H,24,28)(H,25,29). The molecule has 2 aliphatic carbocycles. The van der Waals surface area contributed by atoms with E-state index < -0.39 is 0 Å². The van der Waals surface area contributed by atoms with Crippen LogP contribution in [0.4, 0.5) is 21.0 Å². The number of hydrogen-bond acceptors (Lipinski definition) is 2. The van der Waals surface area contributed by atoms with Gasteiger partial charge in [0.25, 0.3) is 0 Å². The number of carbonyl (C=O) groups is 2. The number of anilines is 2. The number of fused-ring (bicyclic) bond motifs is 1. The Morgan fingerprint density at radius 1 is 1.10 bits per heavy atom. The van der Waals surface area contributed by atoms with Crippen molar-refractivity contribution in [1.82, 2.24) is 10.2 Å². The Labute approximate surface area is 170 Å². The zero-order valence-electron chi connectivity index (χ0n) is 16.4. The van der Waals surface area contributed by atoms with E-state index in [0.717, 1.165) is 43.5 Å². The first-order chi connectivity index (χ1) is 14.2. The molecule has 2 aromatic rings. The predicted molar refractivity (Wildman–Crippen MR) is 113 cm³/mol. The van der Waals surface area contributed by atoms with Crippen LogP contribution in [0.5, 0.6) is 0 Å². The molecule has 29 heavy (non-hydrogen) atoms. The van der Waals surface area contributed by atoms with Gasteiger partial charge in [-0.1, -0.05) is 30.3 Å². The van der Waals surface area contributed by atoms with Crippen molar-refractivity contribution in [2.45, 2.75) is 44.2 Å². The second-order valence-corrected chi connectivity index (χ2v) is 8.11. The minimum Gasteiger partial charge on any atom is -0.336 e. The van der Waals surface area contributed by atoms with E-state index in [9.17, 15) is 9.59 Å². The third-order valence-electron chi connectivity index (χ3n) is 6.11. The molecule has 1 saturated heterocycles. The number of rotatable bonds is 4. The monoisotopic (exact) mass is 390 g/mol. The van der Waals surface area contributed by atoms with E-state index >= 15 is 0 Å². The summed E-state index contributed by atoms with van der Waals surface area (Å²) in [6, 6.07) is 16.4. The average molecular weight is 390 g/mol. The van der Waals surface area contributed by atoms with Crippen LogP contribution in [0, 0.1) is 0 Å². The van der Waals surface area contributed by atoms with E-state index in [4.69, 9.17) is 0 Å². The highest BCUT2D eigenvalue weighted by molar-refractivity contribution is 5.96. The van der Waals surface area contributed by atoms with E-state index in [1.54, 1.807) is 4.90 Å². The van der Waals surface area contributed by atoms with Crippen LogP contribution in [0.3, 0.4) is 0 Å². The molecule has 2 fully saturated rings. The van der Waals surface area contributed by atoms with E-state index in [2.05, 4.69) is 39.8 Å². The molecule has 6 heteroatoms. The molecule has 0 spiro atoms. The molecule has 1 saturated carbocycles. The first kappa shape index (κ1) is 18.0. The molecule has 0 bridgehead atoms. The van der Waals surface area contributed by atoms with Crippen LogP contribution in [0.1, 0.15) is 42.9 Å². The number of hydrogen-bond donors (Lipinski definition) is 2. The normalized spacial score (nSPS) is 20.8. The van der Waals surface area contributed by atoms with Crippen LogP contribution >= 0.6 is 0 Å². The summed E-state index contributed by atoms with van der Waals surface area (Å²) in [6.45, 7) is 1.29. The minimum atomic E-state index is -0.0908. The molecule has 3 aliphatic rings. The van der Waals surface area contributed by atoms with Crippen molar-refractivity contribution < 1.29 is 9.59 Å². The summed E-state index contributed by atoms with van der Waals surface area (Å²) in [6.07, 6.45) is 5.35. The number of nitrogens with one attached hydrogen (secondary N) is 2. The number of urea groups is 2. The molecule has 5 rings (SSSR count). The van der Waals surface area contributed by atoms with Gasteiger partial charge < -0.3 is 15.5 Å². The maximum Gasteiger partial charge on any atom is 0.322 e. The first-order valence-corrected chi connectivity index (χ1v) is 10.5. The lowest BCUT2D eigenvalue weighted by Gasteiger charge is -2.36. The van der Waals surface area contributed by atoms with Crippen LogP contribution < -0.4 is 15.5 Å². The van der Waals surface area contributed by atoms with Gasteiger partial charge in [-0.2, -0.15) is 0 Å². The van der Waals surface area contributed by atoms with E-state index in [1.165, 1.54) is 11.1 Å².